The van der Waals surface area contributed by atoms with Gasteiger partial charge in [0.15, 0.2) is 0 Å². The van der Waals surface area contributed by atoms with E-state index in [2.05, 4.69) is 10.2 Å². The predicted octanol–water partition coefficient (Wildman–Crippen LogP) is 2.90. The standard InChI is InChI=1S/C17H24N2O2/c1-2-21-17(20)13-5-3-6-14(11-13)18-15-8-10-19-9-4-7-16(19)12-15/h3,5-6,11,15-16,18H,2,4,7-10,12H2,1H3. The zero-order valence-corrected chi connectivity index (χ0v) is 12.7. The van der Waals surface area contributed by atoms with Gasteiger partial charge in [-0.2, -0.15) is 0 Å². The van der Waals surface area contributed by atoms with Crippen LogP contribution in [0.5, 0.6) is 0 Å². The van der Waals surface area contributed by atoms with Gasteiger partial charge >= 0.3 is 5.97 Å². The number of carbonyl (C=O) groups excluding carboxylic acids is 1. The lowest BCUT2D eigenvalue weighted by Gasteiger charge is -2.35. The van der Waals surface area contributed by atoms with Crippen molar-refractivity contribution in [3.63, 3.8) is 0 Å². The average molecular weight is 288 g/mol. The molecule has 3 rings (SSSR count). The summed E-state index contributed by atoms with van der Waals surface area (Å²) in [7, 11) is 0. The van der Waals surface area contributed by atoms with E-state index in [-0.39, 0.29) is 5.97 Å². The number of piperidine rings is 1. The molecule has 2 unspecified atom stereocenters. The third-order valence-electron chi connectivity index (χ3n) is 4.56. The minimum Gasteiger partial charge on any atom is -0.462 e. The number of ether oxygens (including phenoxy) is 1. The van der Waals surface area contributed by atoms with Gasteiger partial charge in [-0.1, -0.05) is 6.07 Å². The Kier molecular flexibility index (Phi) is 4.44. The van der Waals surface area contributed by atoms with Crippen LogP contribution in [0.2, 0.25) is 0 Å². The highest BCUT2D eigenvalue weighted by Gasteiger charge is 2.31. The van der Waals surface area contributed by atoms with Gasteiger partial charge in [0, 0.05) is 24.3 Å². The summed E-state index contributed by atoms with van der Waals surface area (Å²) in [5, 5.41) is 3.60. The molecule has 0 saturated carbocycles. The molecule has 21 heavy (non-hydrogen) atoms. The second-order valence-electron chi connectivity index (χ2n) is 6.00. The number of hydrogen-bond donors (Lipinski definition) is 1. The van der Waals surface area contributed by atoms with E-state index in [1.807, 2.05) is 31.2 Å². The van der Waals surface area contributed by atoms with Gasteiger partial charge in [0.05, 0.1) is 12.2 Å². The van der Waals surface area contributed by atoms with E-state index < -0.39 is 0 Å². The molecule has 0 amide bonds. The van der Waals surface area contributed by atoms with Gasteiger partial charge in [-0.25, -0.2) is 4.79 Å². The van der Waals surface area contributed by atoms with Crippen molar-refractivity contribution in [3.05, 3.63) is 29.8 Å². The fourth-order valence-electron chi connectivity index (χ4n) is 3.54. The van der Waals surface area contributed by atoms with Crippen LogP contribution >= 0.6 is 0 Å². The van der Waals surface area contributed by atoms with Gasteiger partial charge in [0.2, 0.25) is 0 Å². The van der Waals surface area contributed by atoms with Crippen molar-refractivity contribution in [1.29, 1.82) is 0 Å². The number of nitrogens with zero attached hydrogens (tertiary/aromatic N) is 1. The maximum atomic E-state index is 11.8. The summed E-state index contributed by atoms with van der Waals surface area (Å²) in [5.74, 6) is -0.244. The molecule has 4 heteroatoms. The van der Waals surface area contributed by atoms with Crippen molar-refractivity contribution in [2.75, 3.05) is 25.0 Å². The Labute approximate surface area is 126 Å². The fourth-order valence-corrected chi connectivity index (χ4v) is 3.54. The van der Waals surface area contributed by atoms with Crippen molar-refractivity contribution in [2.24, 2.45) is 0 Å². The molecule has 4 nitrogen and oxygen atoms in total. The number of hydrogen-bond acceptors (Lipinski definition) is 4. The molecule has 0 aliphatic carbocycles. The molecule has 1 N–H and O–H groups in total. The van der Waals surface area contributed by atoms with Crippen molar-refractivity contribution in [3.8, 4) is 0 Å². The topological polar surface area (TPSA) is 41.6 Å². The molecule has 2 heterocycles. The summed E-state index contributed by atoms with van der Waals surface area (Å²) in [5.41, 5.74) is 1.65. The molecular weight excluding hydrogens is 264 g/mol. The third-order valence-corrected chi connectivity index (χ3v) is 4.56. The van der Waals surface area contributed by atoms with Crippen molar-refractivity contribution in [1.82, 2.24) is 4.90 Å². The Hall–Kier alpha value is -1.55. The van der Waals surface area contributed by atoms with Gasteiger partial charge in [0.1, 0.15) is 0 Å². The highest BCUT2D eigenvalue weighted by atomic mass is 16.5. The summed E-state index contributed by atoms with van der Waals surface area (Å²) in [4.78, 5) is 14.4. The maximum absolute atomic E-state index is 11.8. The largest absolute Gasteiger partial charge is 0.462 e. The molecule has 2 atom stereocenters. The highest BCUT2D eigenvalue weighted by Crippen LogP contribution is 2.28. The lowest BCUT2D eigenvalue weighted by atomic mass is 9.97. The fraction of sp³-hybridized carbons (Fsp3) is 0.588. The van der Waals surface area contributed by atoms with Gasteiger partial charge in [-0.3, -0.25) is 0 Å². The Morgan fingerprint density at radius 1 is 1.38 bits per heavy atom. The second kappa shape index (κ2) is 6.48. The highest BCUT2D eigenvalue weighted by molar-refractivity contribution is 5.90. The molecular formula is C17H24N2O2. The molecule has 0 radical (unpaired) electrons. The van der Waals surface area contributed by atoms with Crippen LogP contribution in [0.15, 0.2) is 24.3 Å². The zero-order chi connectivity index (χ0) is 14.7. The van der Waals surface area contributed by atoms with Gasteiger partial charge in [-0.05, 0) is 57.4 Å². The lowest BCUT2D eigenvalue weighted by Crippen LogP contribution is -2.42. The molecule has 1 aromatic rings. The third kappa shape index (κ3) is 3.38. The van der Waals surface area contributed by atoms with Crippen molar-refractivity contribution >= 4 is 11.7 Å². The predicted molar refractivity (Wildman–Crippen MR) is 83.6 cm³/mol. The van der Waals surface area contributed by atoms with E-state index in [9.17, 15) is 4.79 Å². The summed E-state index contributed by atoms with van der Waals surface area (Å²) in [6, 6.07) is 8.93. The number of anilines is 1. The van der Waals surface area contributed by atoms with E-state index in [1.54, 1.807) is 0 Å². The average Bonchev–Trinajstić information content (AvgIpc) is 2.95. The quantitative estimate of drug-likeness (QED) is 0.865. The molecule has 2 saturated heterocycles. The summed E-state index contributed by atoms with van der Waals surface area (Å²) < 4.78 is 5.06. The number of esters is 1. The minimum absolute atomic E-state index is 0.244. The van der Waals surface area contributed by atoms with Crippen LogP contribution in [0.3, 0.4) is 0 Å². The monoisotopic (exact) mass is 288 g/mol. The SMILES string of the molecule is CCOC(=O)c1cccc(NC2CCN3CCCC3C2)c1. The Morgan fingerprint density at radius 2 is 2.29 bits per heavy atom. The van der Waals surface area contributed by atoms with E-state index >= 15 is 0 Å². The van der Waals surface area contributed by atoms with E-state index in [0.717, 1.165) is 11.7 Å². The van der Waals surface area contributed by atoms with E-state index in [4.69, 9.17) is 4.74 Å². The summed E-state index contributed by atoms with van der Waals surface area (Å²) in [6.07, 6.45) is 5.07. The first-order valence-corrected chi connectivity index (χ1v) is 8.04. The number of rotatable bonds is 4. The molecule has 2 aliphatic heterocycles. The number of benzene rings is 1. The van der Waals surface area contributed by atoms with Crippen LogP contribution in [0.25, 0.3) is 0 Å². The van der Waals surface area contributed by atoms with E-state index in [0.29, 0.717) is 18.2 Å². The first-order valence-electron chi connectivity index (χ1n) is 8.04. The summed E-state index contributed by atoms with van der Waals surface area (Å²) >= 11 is 0. The number of nitrogens with one attached hydrogen (secondary N) is 1. The molecule has 114 valence electrons. The second-order valence-corrected chi connectivity index (χ2v) is 6.00. The first kappa shape index (κ1) is 14.4. The Morgan fingerprint density at radius 3 is 3.14 bits per heavy atom. The molecule has 2 fully saturated rings. The Bertz CT molecular complexity index is 503. The van der Waals surface area contributed by atoms with Crippen LogP contribution in [0.4, 0.5) is 5.69 Å². The maximum Gasteiger partial charge on any atom is 0.338 e. The van der Waals surface area contributed by atoms with Crippen LogP contribution < -0.4 is 5.32 Å². The van der Waals surface area contributed by atoms with Gasteiger partial charge in [-0.15, -0.1) is 0 Å². The van der Waals surface area contributed by atoms with Crippen LogP contribution in [0.1, 0.15) is 43.0 Å². The van der Waals surface area contributed by atoms with Crippen LogP contribution in [-0.2, 0) is 4.74 Å². The minimum atomic E-state index is -0.244. The molecule has 2 aliphatic rings. The molecule has 1 aromatic carbocycles. The number of fused-ring (bicyclic) bond motifs is 1. The zero-order valence-electron chi connectivity index (χ0n) is 12.7. The molecule has 0 bridgehead atoms. The van der Waals surface area contributed by atoms with Crippen molar-refractivity contribution in [2.45, 2.75) is 44.7 Å². The van der Waals surface area contributed by atoms with Gasteiger partial charge in [0.25, 0.3) is 0 Å². The number of carbonyl (C=O) groups is 1. The van der Waals surface area contributed by atoms with Crippen LogP contribution in [0, 0.1) is 0 Å². The van der Waals surface area contributed by atoms with Crippen LogP contribution in [-0.4, -0.2) is 42.6 Å². The van der Waals surface area contributed by atoms with E-state index in [1.165, 1.54) is 38.8 Å². The van der Waals surface area contributed by atoms with Gasteiger partial charge < -0.3 is 15.0 Å². The molecule has 0 aromatic heterocycles. The smallest absolute Gasteiger partial charge is 0.338 e. The first-order chi connectivity index (χ1) is 10.3. The van der Waals surface area contributed by atoms with Crippen molar-refractivity contribution < 1.29 is 9.53 Å². The Balaban J connectivity index is 1.62. The molecule has 0 spiro atoms. The summed E-state index contributed by atoms with van der Waals surface area (Å²) in [6.45, 7) is 4.71. The lowest BCUT2D eigenvalue weighted by molar-refractivity contribution is 0.0526. The normalized spacial score (nSPS) is 25.4.